The van der Waals surface area contributed by atoms with Gasteiger partial charge in [-0.1, -0.05) is 11.8 Å². The number of fused-ring (bicyclic) bond motifs is 3. The van der Waals surface area contributed by atoms with Crippen molar-refractivity contribution in [3.05, 3.63) is 16.3 Å². The first-order chi connectivity index (χ1) is 11.1. The predicted octanol–water partition coefficient (Wildman–Crippen LogP) is 2.56. The number of thiophene rings is 1. The lowest BCUT2D eigenvalue weighted by atomic mass is 10.2. The minimum atomic E-state index is -0.545. The fourth-order valence-corrected chi connectivity index (χ4v) is 5.34. The summed E-state index contributed by atoms with van der Waals surface area (Å²) in [6, 6.07) is 0. The SMILES string of the molecule is Cc1nc(SCC(=O)N2CCOC2=O)c2c3c(sc2n1)CCC3. The Labute approximate surface area is 141 Å². The van der Waals surface area contributed by atoms with Gasteiger partial charge in [0.2, 0.25) is 5.91 Å². The second kappa shape index (κ2) is 5.76. The van der Waals surface area contributed by atoms with Gasteiger partial charge in [0.25, 0.3) is 0 Å². The zero-order chi connectivity index (χ0) is 16.0. The fourth-order valence-electron chi connectivity index (χ4n) is 3.00. The molecular formula is C15H15N3O3S2. The first-order valence-electron chi connectivity index (χ1n) is 7.52. The van der Waals surface area contributed by atoms with E-state index in [0.717, 1.165) is 33.0 Å². The minimum absolute atomic E-state index is 0.186. The maximum Gasteiger partial charge on any atom is 0.416 e. The van der Waals surface area contributed by atoms with Gasteiger partial charge in [0.1, 0.15) is 22.3 Å². The molecule has 2 aliphatic rings. The summed E-state index contributed by atoms with van der Waals surface area (Å²) in [5.41, 5.74) is 1.35. The third-order valence-corrected chi connectivity index (χ3v) is 6.18. The molecule has 2 aromatic rings. The van der Waals surface area contributed by atoms with Crippen LogP contribution in [0.4, 0.5) is 4.79 Å². The van der Waals surface area contributed by atoms with Crippen molar-refractivity contribution in [3.8, 4) is 0 Å². The van der Waals surface area contributed by atoms with Crippen molar-refractivity contribution >= 4 is 45.3 Å². The molecule has 0 N–H and O–H groups in total. The van der Waals surface area contributed by atoms with Crippen LogP contribution in [0.3, 0.4) is 0 Å². The van der Waals surface area contributed by atoms with E-state index in [1.54, 1.807) is 11.3 Å². The Morgan fingerprint density at radius 2 is 2.26 bits per heavy atom. The Balaban J connectivity index is 1.61. The molecule has 1 aliphatic carbocycles. The van der Waals surface area contributed by atoms with E-state index < -0.39 is 6.09 Å². The van der Waals surface area contributed by atoms with Crippen LogP contribution in [0.15, 0.2) is 5.03 Å². The second-order valence-electron chi connectivity index (χ2n) is 5.56. The van der Waals surface area contributed by atoms with Crippen LogP contribution < -0.4 is 0 Å². The average Bonchev–Trinajstić information content (AvgIpc) is 3.19. The van der Waals surface area contributed by atoms with E-state index in [0.29, 0.717) is 12.4 Å². The quantitative estimate of drug-likeness (QED) is 0.626. The van der Waals surface area contributed by atoms with E-state index in [4.69, 9.17) is 4.74 Å². The monoisotopic (exact) mass is 349 g/mol. The van der Waals surface area contributed by atoms with Gasteiger partial charge in [-0.3, -0.25) is 4.79 Å². The molecule has 3 heterocycles. The number of thioether (sulfide) groups is 1. The Bertz CT molecular complexity index is 818. The number of nitrogens with zero attached hydrogens (tertiary/aromatic N) is 3. The largest absolute Gasteiger partial charge is 0.447 e. The van der Waals surface area contributed by atoms with E-state index in [9.17, 15) is 9.59 Å². The molecule has 8 heteroatoms. The lowest BCUT2D eigenvalue weighted by Crippen LogP contribution is -2.33. The van der Waals surface area contributed by atoms with Gasteiger partial charge < -0.3 is 4.74 Å². The van der Waals surface area contributed by atoms with Crippen molar-refractivity contribution in [2.24, 2.45) is 0 Å². The van der Waals surface area contributed by atoms with Gasteiger partial charge in [0.05, 0.1) is 12.3 Å². The van der Waals surface area contributed by atoms with Gasteiger partial charge in [-0.25, -0.2) is 19.7 Å². The molecule has 6 nitrogen and oxygen atoms in total. The summed E-state index contributed by atoms with van der Waals surface area (Å²) in [7, 11) is 0. The van der Waals surface area contributed by atoms with Crippen LogP contribution in [0, 0.1) is 6.92 Å². The smallest absolute Gasteiger partial charge is 0.416 e. The number of hydrogen-bond acceptors (Lipinski definition) is 7. The number of imide groups is 1. The molecule has 0 atom stereocenters. The summed E-state index contributed by atoms with van der Waals surface area (Å²) in [6.45, 7) is 2.49. The summed E-state index contributed by atoms with van der Waals surface area (Å²) in [5.74, 6) is 0.674. The molecule has 1 aliphatic heterocycles. The number of carbonyl (C=O) groups excluding carboxylic acids is 2. The van der Waals surface area contributed by atoms with Gasteiger partial charge in [0.15, 0.2) is 0 Å². The van der Waals surface area contributed by atoms with Crippen molar-refractivity contribution in [3.63, 3.8) is 0 Å². The van der Waals surface area contributed by atoms with E-state index in [-0.39, 0.29) is 18.3 Å². The van der Waals surface area contributed by atoms with Crippen LogP contribution in [-0.4, -0.2) is 45.8 Å². The van der Waals surface area contributed by atoms with Crippen LogP contribution in [0.1, 0.15) is 22.7 Å². The molecule has 120 valence electrons. The molecule has 1 saturated heterocycles. The van der Waals surface area contributed by atoms with Crippen molar-refractivity contribution in [1.82, 2.24) is 14.9 Å². The number of cyclic esters (lactones) is 1. The molecule has 0 unspecified atom stereocenters. The van der Waals surface area contributed by atoms with Crippen molar-refractivity contribution in [1.29, 1.82) is 0 Å². The molecule has 0 aromatic carbocycles. The van der Waals surface area contributed by atoms with Gasteiger partial charge >= 0.3 is 6.09 Å². The molecular weight excluding hydrogens is 334 g/mol. The second-order valence-corrected chi connectivity index (χ2v) is 7.61. The Morgan fingerprint density at radius 3 is 3.04 bits per heavy atom. The van der Waals surface area contributed by atoms with E-state index in [1.807, 2.05) is 6.92 Å². The molecule has 23 heavy (non-hydrogen) atoms. The zero-order valence-electron chi connectivity index (χ0n) is 12.6. The number of amides is 2. The molecule has 0 bridgehead atoms. The van der Waals surface area contributed by atoms with Crippen molar-refractivity contribution in [2.75, 3.05) is 18.9 Å². The molecule has 2 aromatic heterocycles. The summed E-state index contributed by atoms with van der Waals surface area (Å²) in [4.78, 5) is 36.3. The zero-order valence-corrected chi connectivity index (χ0v) is 14.3. The molecule has 4 rings (SSSR count). The highest BCUT2D eigenvalue weighted by atomic mass is 32.2. The van der Waals surface area contributed by atoms with E-state index >= 15 is 0 Å². The molecule has 2 amide bonds. The van der Waals surface area contributed by atoms with Crippen LogP contribution >= 0.6 is 23.1 Å². The number of aromatic nitrogens is 2. The van der Waals surface area contributed by atoms with Gasteiger partial charge in [-0.2, -0.15) is 0 Å². The maximum atomic E-state index is 12.2. The Morgan fingerprint density at radius 1 is 1.39 bits per heavy atom. The number of carbonyl (C=O) groups is 2. The Kier molecular flexibility index (Phi) is 3.73. The third-order valence-electron chi connectivity index (χ3n) is 4.04. The van der Waals surface area contributed by atoms with Gasteiger partial charge in [-0.15, -0.1) is 11.3 Å². The van der Waals surface area contributed by atoms with E-state index in [2.05, 4.69) is 9.97 Å². The van der Waals surface area contributed by atoms with Crippen LogP contribution in [0.25, 0.3) is 10.2 Å². The summed E-state index contributed by atoms with van der Waals surface area (Å²) in [6.07, 6.45) is 2.80. The molecule has 0 radical (unpaired) electrons. The lowest BCUT2D eigenvalue weighted by molar-refractivity contribution is -0.125. The Hall–Kier alpha value is -1.67. The van der Waals surface area contributed by atoms with Crippen LogP contribution in [-0.2, 0) is 22.4 Å². The predicted molar refractivity (Wildman–Crippen MR) is 88.0 cm³/mol. The van der Waals surface area contributed by atoms with Crippen molar-refractivity contribution in [2.45, 2.75) is 31.2 Å². The number of ether oxygens (including phenoxy) is 1. The van der Waals surface area contributed by atoms with Crippen LogP contribution in [0.2, 0.25) is 0 Å². The normalized spacial score (nSPS) is 16.9. The number of rotatable bonds is 3. The fraction of sp³-hybridized carbons (Fsp3) is 0.467. The first kappa shape index (κ1) is 14.9. The average molecular weight is 349 g/mol. The molecule has 1 fully saturated rings. The first-order valence-corrected chi connectivity index (χ1v) is 9.32. The highest BCUT2D eigenvalue weighted by molar-refractivity contribution is 8.00. The summed E-state index contributed by atoms with van der Waals surface area (Å²) < 4.78 is 4.81. The third kappa shape index (κ3) is 2.59. The standard InChI is InChI=1S/C15H15N3O3S2/c1-8-16-13(22-7-11(19)18-5-6-21-15(18)20)12-9-3-2-4-10(9)23-14(12)17-8/h2-7H2,1H3. The van der Waals surface area contributed by atoms with Crippen LogP contribution in [0.5, 0.6) is 0 Å². The molecule has 0 saturated carbocycles. The summed E-state index contributed by atoms with van der Waals surface area (Å²) >= 11 is 3.13. The summed E-state index contributed by atoms with van der Waals surface area (Å²) in [5, 5.41) is 1.96. The van der Waals surface area contributed by atoms with E-state index in [1.165, 1.54) is 28.6 Å². The van der Waals surface area contributed by atoms with Gasteiger partial charge in [0, 0.05) is 10.3 Å². The maximum absolute atomic E-state index is 12.2. The minimum Gasteiger partial charge on any atom is -0.447 e. The topological polar surface area (TPSA) is 72.4 Å². The van der Waals surface area contributed by atoms with Gasteiger partial charge in [-0.05, 0) is 31.7 Å². The highest BCUT2D eigenvalue weighted by Gasteiger charge is 2.29. The lowest BCUT2D eigenvalue weighted by Gasteiger charge is -2.10. The highest BCUT2D eigenvalue weighted by Crippen LogP contribution is 2.40. The van der Waals surface area contributed by atoms with Crippen molar-refractivity contribution < 1.29 is 14.3 Å². The number of aryl methyl sites for hydroxylation is 3. The molecule has 0 spiro atoms. The number of hydrogen-bond donors (Lipinski definition) is 0.